The van der Waals surface area contributed by atoms with E-state index < -0.39 is 14.9 Å². The third kappa shape index (κ3) is 4.07. The SMILES string of the molecule is CC1CCN(CC[C@H]2CCCN2S(=O)(=O)c2ccccc2[N+](=O)[O-])CC1. The Labute approximate surface area is 155 Å². The molecule has 0 bridgehead atoms. The molecule has 1 aromatic rings. The third-order valence-electron chi connectivity index (χ3n) is 5.63. The van der Waals surface area contributed by atoms with Crippen LogP contribution in [-0.4, -0.2) is 54.8 Å². The molecular formula is C18H27N3O4S. The highest BCUT2D eigenvalue weighted by molar-refractivity contribution is 7.89. The molecule has 0 aliphatic carbocycles. The molecule has 2 aliphatic rings. The smallest absolute Gasteiger partial charge is 0.289 e. The summed E-state index contributed by atoms with van der Waals surface area (Å²) in [5.74, 6) is 0.772. The fourth-order valence-electron chi connectivity index (χ4n) is 3.98. The van der Waals surface area contributed by atoms with E-state index in [1.54, 1.807) is 6.07 Å². The Morgan fingerprint density at radius 1 is 1.15 bits per heavy atom. The second-order valence-corrected chi connectivity index (χ2v) is 9.31. The zero-order chi connectivity index (χ0) is 18.7. The lowest BCUT2D eigenvalue weighted by Gasteiger charge is -2.32. The minimum Gasteiger partial charge on any atom is -0.303 e. The Balaban J connectivity index is 1.72. The van der Waals surface area contributed by atoms with E-state index in [1.165, 1.54) is 35.3 Å². The molecule has 0 saturated carbocycles. The third-order valence-corrected chi connectivity index (χ3v) is 7.63. The number of benzene rings is 1. The first-order valence-corrected chi connectivity index (χ1v) is 10.8. The van der Waals surface area contributed by atoms with Crippen LogP contribution >= 0.6 is 0 Å². The first-order chi connectivity index (χ1) is 12.4. The van der Waals surface area contributed by atoms with Gasteiger partial charge in [0.2, 0.25) is 10.0 Å². The molecule has 2 heterocycles. The van der Waals surface area contributed by atoms with Gasteiger partial charge in [0, 0.05) is 18.7 Å². The molecule has 8 heteroatoms. The number of nitrogens with zero attached hydrogens (tertiary/aromatic N) is 3. The molecule has 2 fully saturated rings. The molecule has 144 valence electrons. The van der Waals surface area contributed by atoms with Crippen LogP contribution in [0.2, 0.25) is 0 Å². The number of rotatable bonds is 6. The van der Waals surface area contributed by atoms with Gasteiger partial charge in [-0.15, -0.1) is 0 Å². The van der Waals surface area contributed by atoms with E-state index in [0.29, 0.717) is 6.54 Å². The maximum atomic E-state index is 13.1. The van der Waals surface area contributed by atoms with Crippen LogP contribution in [0.25, 0.3) is 0 Å². The Morgan fingerprint density at radius 3 is 2.54 bits per heavy atom. The molecule has 26 heavy (non-hydrogen) atoms. The standard InChI is InChI=1S/C18H27N3O4S/c1-15-8-12-19(13-9-15)14-10-16-5-4-11-20(16)26(24,25)18-7-3-2-6-17(18)21(22)23/h2-3,6-7,15-16H,4-5,8-14H2,1H3/t16-/m1/s1. The Bertz CT molecular complexity index is 745. The van der Waals surface area contributed by atoms with Crippen molar-refractivity contribution in [2.45, 2.75) is 50.0 Å². The van der Waals surface area contributed by atoms with Crippen LogP contribution < -0.4 is 0 Å². The average molecular weight is 381 g/mol. The zero-order valence-electron chi connectivity index (χ0n) is 15.2. The second-order valence-electron chi connectivity index (χ2n) is 7.45. The van der Waals surface area contributed by atoms with E-state index in [0.717, 1.165) is 44.8 Å². The summed E-state index contributed by atoms with van der Waals surface area (Å²) in [4.78, 5) is 12.8. The number of sulfonamides is 1. The van der Waals surface area contributed by atoms with Gasteiger partial charge in [-0.05, 0) is 63.7 Å². The number of nitro benzene ring substituents is 1. The fourth-order valence-corrected chi connectivity index (χ4v) is 5.87. The summed E-state index contributed by atoms with van der Waals surface area (Å²) in [7, 11) is -3.85. The van der Waals surface area contributed by atoms with E-state index >= 15 is 0 Å². The largest absolute Gasteiger partial charge is 0.303 e. The number of likely N-dealkylation sites (tertiary alicyclic amines) is 1. The van der Waals surface area contributed by atoms with Crippen LogP contribution in [0.1, 0.15) is 39.0 Å². The molecule has 0 radical (unpaired) electrons. The van der Waals surface area contributed by atoms with Gasteiger partial charge in [-0.25, -0.2) is 8.42 Å². The van der Waals surface area contributed by atoms with Crippen molar-refractivity contribution < 1.29 is 13.3 Å². The number of nitro groups is 1. The van der Waals surface area contributed by atoms with Gasteiger partial charge < -0.3 is 4.90 Å². The molecule has 0 amide bonds. The van der Waals surface area contributed by atoms with Crippen LogP contribution in [0.15, 0.2) is 29.2 Å². The van der Waals surface area contributed by atoms with E-state index in [9.17, 15) is 18.5 Å². The lowest BCUT2D eigenvalue weighted by Crippen LogP contribution is -2.40. The summed E-state index contributed by atoms with van der Waals surface area (Å²) in [6, 6.07) is 5.57. The summed E-state index contributed by atoms with van der Waals surface area (Å²) in [6.45, 7) is 5.75. The van der Waals surface area contributed by atoms with Crippen molar-refractivity contribution in [3.63, 3.8) is 0 Å². The maximum Gasteiger partial charge on any atom is 0.289 e. The molecule has 2 saturated heterocycles. The van der Waals surface area contributed by atoms with Gasteiger partial charge in [0.05, 0.1) is 4.92 Å². The fraction of sp³-hybridized carbons (Fsp3) is 0.667. The van der Waals surface area contributed by atoms with Crippen molar-refractivity contribution in [1.82, 2.24) is 9.21 Å². The van der Waals surface area contributed by atoms with E-state index in [2.05, 4.69) is 11.8 Å². The van der Waals surface area contributed by atoms with Gasteiger partial charge in [0.1, 0.15) is 0 Å². The summed E-state index contributed by atoms with van der Waals surface area (Å²) < 4.78 is 27.6. The van der Waals surface area contributed by atoms with Crippen molar-refractivity contribution in [2.75, 3.05) is 26.2 Å². The zero-order valence-corrected chi connectivity index (χ0v) is 16.0. The Morgan fingerprint density at radius 2 is 1.85 bits per heavy atom. The number of hydrogen-bond donors (Lipinski definition) is 0. The van der Waals surface area contributed by atoms with Gasteiger partial charge in [0.15, 0.2) is 4.90 Å². The Kier molecular flexibility index (Phi) is 5.94. The maximum absolute atomic E-state index is 13.1. The number of hydrogen-bond acceptors (Lipinski definition) is 5. The number of piperidine rings is 1. The molecule has 1 aromatic carbocycles. The molecule has 2 aliphatic heterocycles. The summed E-state index contributed by atoms with van der Waals surface area (Å²) in [6.07, 6.45) is 4.81. The van der Waals surface area contributed by atoms with E-state index in [-0.39, 0.29) is 16.6 Å². The summed E-state index contributed by atoms with van der Waals surface area (Å²) in [5, 5.41) is 11.2. The topological polar surface area (TPSA) is 83.8 Å². The van der Waals surface area contributed by atoms with Gasteiger partial charge in [-0.2, -0.15) is 4.31 Å². The average Bonchev–Trinajstić information content (AvgIpc) is 3.11. The minimum absolute atomic E-state index is 0.0702. The summed E-state index contributed by atoms with van der Waals surface area (Å²) in [5.41, 5.74) is -0.344. The van der Waals surface area contributed by atoms with E-state index in [1.807, 2.05) is 0 Å². The van der Waals surface area contributed by atoms with Crippen LogP contribution in [0.4, 0.5) is 5.69 Å². The van der Waals surface area contributed by atoms with Gasteiger partial charge in [0.25, 0.3) is 5.69 Å². The van der Waals surface area contributed by atoms with Crippen LogP contribution in [-0.2, 0) is 10.0 Å². The number of para-hydroxylation sites is 1. The van der Waals surface area contributed by atoms with Crippen molar-refractivity contribution >= 4 is 15.7 Å². The normalized spacial score (nSPS) is 23.3. The van der Waals surface area contributed by atoms with Crippen molar-refractivity contribution in [1.29, 1.82) is 0 Å². The molecule has 0 unspecified atom stereocenters. The summed E-state index contributed by atoms with van der Waals surface area (Å²) >= 11 is 0. The van der Waals surface area contributed by atoms with E-state index in [4.69, 9.17) is 0 Å². The van der Waals surface area contributed by atoms with Crippen LogP contribution in [0, 0.1) is 16.0 Å². The predicted molar refractivity (Wildman–Crippen MR) is 99.5 cm³/mol. The van der Waals surface area contributed by atoms with Crippen molar-refractivity contribution in [2.24, 2.45) is 5.92 Å². The molecule has 7 nitrogen and oxygen atoms in total. The molecular weight excluding hydrogens is 354 g/mol. The molecule has 0 aromatic heterocycles. The lowest BCUT2D eigenvalue weighted by atomic mass is 9.99. The highest BCUT2D eigenvalue weighted by Crippen LogP contribution is 2.32. The second kappa shape index (κ2) is 8.02. The van der Waals surface area contributed by atoms with Crippen molar-refractivity contribution in [3.05, 3.63) is 34.4 Å². The molecule has 0 spiro atoms. The lowest BCUT2D eigenvalue weighted by molar-refractivity contribution is -0.387. The molecule has 3 rings (SSSR count). The van der Waals surface area contributed by atoms with Crippen LogP contribution in [0.3, 0.4) is 0 Å². The first-order valence-electron chi connectivity index (χ1n) is 9.37. The molecule has 1 atom stereocenters. The Hall–Kier alpha value is -1.51. The van der Waals surface area contributed by atoms with Gasteiger partial charge >= 0.3 is 0 Å². The quantitative estimate of drug-likeness (QED) is 0.559. The van der Waals surface area contributed by atoms with Crippen LogP contribution in [0.5, 0.6) is 0 Å². The highest BCUT2D eigenvalue weighted by Gasteiger charge is 2.38. The first kappa shape index (κ1) is 19.3. The van der Waals surface area contributed by atoms with Gasteiger partial charge in [-0.1, -0.05) is 19.1 Å². The van der Waals surface area contributed by atoms with Gasteiger partial charge in [-0.3, -0.25) is 10.1 Å². The monoisotopic (exact) mass is 381 g/mol. The predicted octanol–water partition coefficient (Wildman–Crippen LogP) is 2.87. The minimum atomic E-state index is -3.85. The molecule has 0 N–H and O–H groups in total. The van der Waals surface area contributed by atoms with Crippen molar-refractivity contribution in [3.8, 4) is 0 Å². The highest BCUT2D eigenvalue weighted by atomic mass is 32.2.